The summed E-state index contributed by atoms with van der Waals surface area (Å²) in [5.41, 5.74) is 0.878. The van der Waals surface area contributed by atoms with Crippen LogP contribution < -0.4 is 5.32 Å². The molecular weight excluding hydrogens is 470 g/mol. The van der Waals surface area contributed by atoms with E-state index < -0.39 is 15.9 Å². The van der Waals surface area contributed by atoms with Crippen molar-refractivity contribution in [3.8, 4) is 0 Å². The summed E-state index contributed by atoms with van der Waals surface area (Å²) in [4.78, 5) is 17.6. The molecule has 5 rings (SSSR count). The molecule has 0 aliphatic carbocycles. The van der Waals surface area contributed by atoms with E-state index in [1.54, 1.807) is 0 Å². The first kappa shape index (κ1) is 21.3. The van der Waals surface area contributed by atoms with Crippen molar-refractivity contribution in [1.82, 2.24) is 9.29 Å². The first-order valence-corrected chi connectivity index (χ1v) is 12.5. The number of carbonyl (C=O) groups is 1. The number of rotatable bonds is 4. The molecule has 4 aromatic rings. The minimum Gasteiger partial charge on any atom is -0.379 e. The van der Waals surface area contributed by atoms with Gasteiger partial charge in [-0.05, 0) is 29.7 Å². The molecule has 1 fully saturated rings. The molecule has 1 saturated heterocycles. The van der Waals surface area contributed by atoms with E-state index in [0.717, 1.165) is 21.0 Å². The summed E-state index contributed by atoms with van der Waals surface area (Å²) >= 11 is 7.59. The molecule has 0 bridgehead atoms. The number of hydrogen-bond donors (Lipinski definition) is 1. The van der Waals surface area contributed by atoms with Crippen molar-refractivity contribution in [2.24, 2.45) is 0 Å². The summed E-state index contributed by atoms with van der Waals surface area (Å²) in [6.07, 6.45) is 0. The SMILES string of the molecule is O=C(Nc1nc2c(ccc3ccccc32)s1)c1cc(S(=O)(=O)N2CCOCC2)ccc1Cl. The van der Waals surface area contributed by atoms with Crippen molar-refractivity contribution in [3.05, 3.63) is 65.2 Å². The number of aromatic nitrogens is 1. The Morgan fingerprint density at radius 1 is 1.09 bits per heavy atom. The Hall–Kier alpha value is -2.56. The zero-order chi connectivity index (χ0) is 22.3. The van der Waals surface area contributed by atoms with E-state index in [1.165, 1.54) is 33.8 Å². The van der Waals surface area contributed by atoms with Crippen LogP contribution in [0, 0.1) is 0 Å². The van der Waals surface area contributed by atoms with Crippen molar-refractivity contribution < 1.29 is 17.9 Å². The van der Waals surface area contributed by atoms with Crippen LogP contribution in [0.4, 0.5) is 5.13 Å². The number of morpholine rings is 1. The minimum absolute atomic E-state index is 0.0178. The van der Waals surface area contributed by atoms with Crippen LogP contribution in [0.15, 0.2) is 59.5 Å². The van der Waals surface area contributed by atoms with Crippen LogP contribution in [0.5, 0.6) is 0 Å². The number of anilines is 1. The highest BCUT2D eigenvalue weighted by Crippen LogP contribution is 2.32. The van der Waals surface area contributed by atoms with Crippen molar-refractivity contribution in [2.75, 3.05) is 31.6 Å². The molecule has 0 saturated carbocycles. The van der Waals surface area contributed by atoms with Crippen LogP contribution in [0.1, 0.15) is 10.4 Å². The Balaban J connectivity index is 1.46. The normalized spacial score (nSPS) is 15.3. The average Bonchev–Trinajstić information content (AvgIpc) is 3.22. The van der Waals surface area contributed by atoms with E-state index in [2.05, 4.69) is 10.3 Å². The molecule has 0 spiro atoms. The molecule has 1 aliphatic heterocycles. The highest BCUT2D eigenvalue weighted by molar-refractivity contribution is 7.89. The van der Waals surface area contributed by atoms with Gasteiger partial charge in [-0.15, -0.1) is 0 Å². The van der Waals surface area contributed by atoms with Gasteiger partial charge in [0.1, 0.15) is 0 Å². The molecule has 1 amide bonds. The van der Waals surface area contributed by atoms with E-state index in [4.69, 9.17) is 16.3 Å². The Morgan fingerprint density at radius 3 is 2.69 bits per heavy atom. The molecule has 164 valence electrons. The number of benzene rings is 3. The predicted octanol–water partition coefficient (Wildman–Crippen LogP) is 4.38. The van der Waals surface area contributed by atoms with Crippen LogP contribution in [-0.4, -0.2) is 49.9 Å². The number of thiazole rings is 1. The van der Waals surface area contributed by atoms with Gasteiger partial charge in [-0.2, -0.15) is 4.31 Å². The lowest BCUT2D eigenvalue weighted by atomic mass is 10.1. The van der Waals surface area contributed by atoms with Gasteiger partial charge in [0.15, 0.2) is 5.13 Å². The van der Waals surface area contributed by atoms with Crippen molar-refractivity contribution in [3.63, 3.8) is 0 Å². The van der Waals surface area contributed by atoms with Crippen LogP contribution in [0.3, 0.4) is 0 Å². The topological polar surface area (TPSA) is 88.6 Å². The van der Waals surface area contributed by atoms with Crippen molar-refractivity contribution in [2.45, 2.75) is 4.90 Å². The fourth-order valence-corrected chi connectivity index (χ4v) is 6.17. The summed E-state index contributed by atoms with van der Waals surface area (Å²) in [5.74, 6) is -0.516. The van der Waals surface area contributed by atoms with Crippen LogP contribution >= 0.6 is 22.9 Å². The molecule has 7 nitrogen and oxygen atoms in total. The summed E-state index contributed by atoms with van der Waals surface area (Å²) < 4.78 is 33.4. The molecule has 0 radical (unpaired) electrons. The van der Waals surface area contributed by atoms with Crippen LogP contribution in [0.25, 0.3) is 21.0 Å². The average molecular weight is 488 g/mol. The molecule has 0 atom stereocenters. The number of hydrogen-bond acceptors (Lipinski definition) is 6. The number of ether oxygens (including phenoxy) is 1. The van der Waals surface area contributed by atoms with Crippen LogP contribution in [-0.2, 0) is 14.8 Å². The lowest BCUT2D eigenvalue weighted by Crippen LogP contribution is -2.40. The molecule has 3 aromatic carbocycles. The number of nitrogens with one attached hydrogen (secondary N) is 1. The second-order valence-corrected chi connectivity index (χ2v) is 10.6. The smallest absolute Gasteiger partial charge is 0.259 e. The largest absolute Gasteiger partial charge is 0.379 e. The highest BCUT2D eigenvalue weighted by atomic mass is 35.5. The number of nitrogens with zero attached hydrogens (tertiary/aromatic N) is 2. The lowest BCUT2D eigenvalue weighted by Gasteiger charge is -2.26. The lowest BCUT2D eigenvalue weighted by molar-refractivity contribution is 0.0730. The second-order valence-electron chi connectivity index (χ2n) is 7.26. The third-order valence-corrected chi connectivity index (χ3v) is 8.45. The molecule has 2 heterocycles. The molecule has 32 heavy (non-hydrogen) atoms. The Bertz CT molecular complexity index is 1450. The van der Waals surface area contributed by atoms with Gasteiger partial charge in [0.2, 0.25) is 10.0 Å². The van der Waals surface area contributed by atoms with Gasteiger partial charge >= 0.3 is 0 Å². The van der Waals surface area contributed by atoms with Crippen molar-refractivity contribution >= 4 is 65.0 Å². The number of sulfonamides is 1. The van der Waals surface area contributed by atoms with Gasteiger partial charge in [-0.3, -0.25) is 10.1 Å². The second kappa shape index (κ2) is 8.42. The first-order chi connectivity index (χ1) is 15.4. The van der Waals surface area contributed by atoms with Gasteiger partial charge in [0.25, 0.3) is 5.91 Å². The van der Waals surface area contributed by atoms with Gasteiger partial charge in [-0.1, -0.05) is 53.3 Å². The van der Waals surface area contributed by atoms with Gasteiger partial charge in [0.05, 0.1) is 38.9 Å². The number of amides is 1. The molecule has 1 aliphatic rings. The Labute approximate surface area is 193 Å². The van der Waals surface area contributed by atoms with E-state index >= 15 is 0 Å². The fraction of sp³-hybridized carbons (Fsp3) is 0.182. The zero-order valence-electron chi connectivity index (χ0n) is 16.7. The summed E-state index contributed by atoms with van der Waals surface area (Å²) in [6.45, 7) is 1.22. The maximum atomic E-state index is 13.0. The molecular formula is C22H18ClN3O4S2. The highest BCUT2D eigenvalue weighted by Gasteiger charge is 2.27. The zero-order valence-corrected chi connectivity index (χ0v) is 19.1. The number of fused-ring (bicyclic) bond motifs is 3. The minimum atomic E-state index is -3.75. The van der Waals surface area contributed by atoms with Gasteiger partial charge in [-0.25, -0.2) is 13.4 Å². The third-order valence-electron chi connectivity index (χ3n) is 5.29. The Morgan fingerprint density at radius 2 is 1.88 bits per heavy atom. The molecule has 1 N–H and O–H groups in total. The quantitative estimate of drug-likeness (QED) is 0.461. The van der Waals surface area contributed by atoms with E-state index in [1.807, 2.05) is 36.4 Å². The molecule has 10 heteroatoms. The fourth-order valence-electron chi connectivity index (χ4n) is 3.65. The number of halogens is 1. The van der Waals surface area contributed by atoms with E-state index in [9.17, 15) is 13.2 Å². The molecule has 1 aromatic heterocycles. The summed E-state index contributed by atoms with van der Waals surface area (Å²) in [7, 11) is -3.75. The van der Waals surface area contributed by atoms with Gasteiger partial charge in [0, 0.05) is 18.5 Å². The first-order valence-electron chi connectivity index (χ1n) is 9.90. The number of carbonyl (C=O) groups excluding carboxylic acids is 1. The third kappa shape index (κ3) is 3.87. The van der Waals surface area contributed by atoms with Crippen molar-refractivity contribution in [1.29, 1.82) is 0 Å². The summed E-state index contributed by atoms with van der Waals surface area (Å²) in [5, 5.41) is 5.41. The molecule has 0 unspecified atom stereocenters. The van der Waals surface area contributed by atoms with E-state index in [-0.39, 0.29) is 28.6 Å². The van der Waals surface area contributed by atoms with Crippen LogP contribution in [0.2, 0.25) is 5.02 Å². The standard InChI is InChI=1S/C22H18ClN3O4S2/c23-18-7-6-15(32(28,29)26-9-11-30-12-10-26)13-17(18)21(27)25-22-24-20-16-4-2-1-3-14(16)5-8-19(20)31-22/h1-8,13H,9-12H2,(H,24,25,27). The van der Waals surface area contributed by atoms with E-state index in [0.29, 0.717) is 18.3 Å². The summed E-state index contributed by atoms with van der Waals surface area (Å²) in [6, 6.07) is 16.0. The maximum Gasteiger partial charge on any atom is 0.259 e. The maximum absolute atomic E-state index is 13.0. The van der Waals surface area contributed by atoms with Gasteiger partial charge < -0.3 is 4.74 Å². The monoisotopic (exact) mass is 487 g/mol. The predicted molar refractivity (Wildman–Crippen MR) is 126 cm³/mol. The Kier molecular flexibility index (Phi) is 5.60.